The molecular formula is C17H20N6O2. The standard InChI is InChI=1S/C17H20N6O2/c1-12-14(11-20(2)19-12)13-3-4-15-16(9-18-23(15)10-13)21-5-7-22(8-6-21)17(24)25/h3-4,9-11H,5-8H2,1-2H3,(H,24,25). The first-order valence-electron chi connectivity index (χ1n) is 8.24. The van der Waals surface area contributed by atoms with Crippen LogP contribution in [0.15, 0.2) is 30.7 Å². The molecule has 0 saturated carbocycles. The number of piperazine rings is 1. The van der Waals surface area contributed by atoms with Crippen LogP contribution in [0.25, 0.3) is 16.6 Å². The summed E-state index contributed by atoms with van der Waals surface area (Å²) in [6, 6.07) is 4.14. The Bertz CT molecular complexity index is 936. The Morgan fingerprint density at radius 2 is 1.92 bits per heavy atom. The van der Waals surface area contributed by atoms with Gasteiger partial charge in [-0.25, -0.2) is 9.31 Å². The minimum atomic E-state index is -0.851. The largest absolute Gasteiger partial charge is 0.465 e. The number of hydrogen-bond donors (Lipinski definition) is 1. The molecule has 1 aliphatic rings. The summed E-state index contributed by atoms with van der Waals surface area (Å²) in [4.78, 5) is 14.7. The van der Waals surface area contributed by atoms with E-state index in [1.165, 1.54) is 4.90 Å². The zero-order valence-corrected chi connectivity index (χ0v) is 14.3. The van der Waals surface area contributed by atoms with Crippen LogP contribution >= 0.6 is 0 Å². The van der Waals surface area contributed by atoms with Crippen LogP contribution in [0.4, 0.5) is 10.5 Å². The molecule has 3 aromatic heterocycles. The highest BCUT2D eigenvalue weighted by Gasteiger charge is 2.22. The Kier molecular flexibility index (Phi) is 3.60. The monoisotopic (exact) mass is 340 g/mol. The van der Waals surface area contributed by atoms with Crippen LogP contribution in [-0.4, -0.2) is 61.7 Å². The van der Waals surface area contributed by atoms with Crippen LogP contribution in [0.5, 0.6) is 0 Å². The van der Waals surface area contributed by atoms with E-state index in [1.54, 1.807) is 0 Å². The van der Waals surface area contributed by atoms with Crippen molar-refractivity contribution in [2.24, 2.45) is 7.05 Å². The van der Waals surface area contributed by atoms with E-state index < -0.39 is 6.09 Å². The van der Waals surface area contributed by atoms with Crippen molar-refractivity contribution >= 4 is 17.3 Å². The second-order valence-corrected chi connectivity index (χ2v) is 6.34. The van der Waals surface area contributed by atoms with E-state index in [0.29, 0.717) is 26.2 Å². The average Bonchev–Trinajstić information content (AvgIpc) is 3.17. The lowest BCUT2D eigenvalue weighted by atomic mass is 10.1. The Labute approximate surface area is 144 Å². The topological polar surface area (TPSA) is 78.9 Å². The molecule has 3 aromatic rings. The number of rotatable bonds is 2. The molecule has 8 heteroatoms. The number of carboxylic acid groups (broad SMARTS) is 1. The van der Waals surface area contributed by atoms with E-state index in [9.17, 15) is 4.79 Å². The normalized spacial score (nSPS) is 15.1. The first-order chi connectivity index (χ1) is 12.0. The van der Waals surface area contributed by atoms with Crippen LogP contribution < -0.4 is 4.90 Å². The molecule has 0 aromatic carbocycles. The number of carbonyl (C=O) groups is 1. The van der Waals surface area contributed by atoms with Crippen molar-refractivity contribution in [3.8, 4) is 11.1 Å². The third-order valence-corrected chi connectivity index (χ3v) is 4.71. The first-order valence-corrected chi connectivity index (χ1v) is 8.24. The van der Waals surface area contributed by atoms with Gasteiger partial charge in [0, 0.05) is 56.7 Å². The number of fused-ring (bicyclic) bond motifs is 1. The molecule has 0 radical (unpaired) electrons. The number of aryl methyl sites for hydroxylation is 2. The summed E-state index contributed by atoms with van der Waals surface area (Å²) in [7, 11) is 1.91. The highest BCUT2D eigenvalue weighted by molar-refractivity contribution is 5.76. The van der Waals surface area contributed by atoms with Crippen molar-refractivity contribution in [2.45, 2.75) is 6.92 Å². The van der Waals surface area contributed by atoms with Crippen molar-refractivity contribution in [1.29, 1.82) is 0 Å². The molecule has 0 atom stereocenters. The summed E-state index contributed by atoms with van der Waals surface area (Å²) in [6.45, 7) is 4.38. The predicted molar refractivity (Wildman–Crippen MR) is 93.9 cm³/mol. The van der Waals surface area contributed by atoms with E-state index in [2.05, 4.69) is 27.2 Å². The van der Waals surface area contributed by atoms with Crippen molar-refractivity contribution in [1.82, 2.24) is 24.3 Å². The van der Waals surface area contributed by atoms with Gasteiger partial charge in [0.1, 0.15) is 0 Å². The molecule has 1 fully saturated rings. The number of anilines is 1. The summed E-state index contributed by atoms with van der Waals surface area (Å²) in [5.74, 6) is 0. The minimum absolute atomic E-state index is 0.514. The zero-order valence-electron chi connectivity index (χ0n) is 14.3. The summed E-state index contributed by atoms with van der Waals surface area (Å²) in [6.07, 6.45) is 5.02. The number of pyridine rings is 1. The second kappa shape index (κ2) is 5.80. The summed E-state index contributed by atoms with van der Waals surface area (Å²) in [5, 5.41) is 18.0. The van der Waals surface area contributed by atoms with Gasteiger partial charge < -0.3 is 14.9 Å². The molecule has 8 nitrogen and oxygen atoms in total. The molecule has 4 heterocycles. The Morgan fingerprint density at radius 1 is 1.16 bits per heavy atom. The van der Waals surface area contributed by atoms with E-state index >= 15 is 0 Å². The van der Waals surface area contributed by atoms with Gasteiger partial charge in [-0.3, -0.25) is 4.68 Å². The quantitative estimate of drug-likeness (QED) is 0.770. The molecule has 0 spiro atoms. The number of hydrogen-bond acceptors (Lipinski definition) is 4. The summed E-state index contributed by atoms with van der Waals surface area (Å²) >= 11 is 0. The van der Waals surface area contributed by atoms with Gasteiger partial charge in [0.2, 0.25) is 0 Å². The molecule has 130 valence electrons. The lowest BCUT2D eigenvalue weighted by molar-refractivity contribution is 0.142. The van der Waals surface area contributed by atoms with Gasteiger partial charge in [-0.2, -0.15) is 10.2 Å². The summed E-state index contributed by atoms with van der Waals surface area (Å²) in [5.41, 5.74) is 5.22. The van der Waals surface area contributed by atoms with Gasteiger partial charge in [-0.15, -0.1) is 0 Å². The SMILES string of the molecule is Cc1nn(C)cc1-c1ccc2c(N3CCN(C(=O)O)CC3)cnn2c1. The maximum absolute atomic E-state index is 11.0. The molecule has 25 heavy (non-hydrogen) atoms. The van der Waals surface area contributed by atoms with Crippen molar-refractivity contribution in [3.05, 3.63) is 36.4 Å². The zero-order chi connectivity index (χ0) is 17.6. The van der Waals surface area contributed by atoms with Crippen LogP contribution in [0.3, 0.4) is 0 Å². The van der Waals surface area contributed by atoms with Gasteiger partial charge in [0.05, 0.1) is 23.1 Å². The third kappa shape index (κ3) is 2.69. The Morgan fingerprint density at radius 3 is 2.56 bits per heavy atom. The first kappa shape index (κ1) is 15.5. The lowest BCUT2D eigenvalue weighted by Gasteiger charge is -2.33. The predicted octanol–water partition coefficient (Wildman–Crippen LogP) is 1.84. The van der Waals surface area contributed by atoms with Crippen LogP contribution in [0.2, 0.25) is 0 Å². The highest BCUT2D eigenvalue weighted by Crippen LogP contribution is 2.27. The van der Waals surface area contributed by atoms with Crippen LogP contribution in [-0.2, 0) is 7.05 Å². The summed E-state index contributed by atoms with van der Waals surface area (Å²) < 4.78 is 3.69. The van der Waals surface area contributed by atoms with E-state index in [0.717, 1.165) is 28.0 Å². The smallest absolute Gasteiger partial charge is 0.407 e. The van der Waals surface area contributed by atoms with Gasteiger partial charge in [-0.1, -0.05) is 6.07 Å². The fourth-order valence-electron chi connectivity index (χ4n) is 3.40. The maximum atomic E-state index is 11.0. The molecule has 4 rings (SSSR count). The van der Waals surface area contributed by atoms with Crippen molar-refractivity contribution in [2.75, 3.05) is 31.1 Å². The van der Waals surface area contributed by atoms with Gasteiger partial charge in [0.15, 0.2) is 0 Å². The fraction of sp³-hybridized carbons (Fsp3) is 0.353. The number of nitrogens with zero attached hydrogens (tertiary/aromatic N) is 6. The molecule has 0 aliphatic carbocycles. The van der Waals surface area contributed by atoms with E-state index in [1.807, 2.05) is 41.8 Å². The average molecular weight is 340 g/mol. The Balaban J connectivity index is 1.63. The minimum Gasteiger partial charge on any atom is -0.465 e. The molecule has 0 bridgehead atoms. The van der Waals surface area contributed by atoms with Crippen molar-refractivity contribution < 1.29 is 9.90 Å². The number of amides is 1. The van der Waals surface area contributed by atoms with Gasteiger partial charge >= 0.3 is 6.09 Å². The molecule has 1 amide bonds. The van der Waals surface area contributed by atoms with E-state index in [4.69, 9.17) is 5.11 Å². The maximum Gasteiger partial charge on any atom is 0.407 e. The molecule has 0 unspecified atom stereocenters. The number of aromatic nitrogens is 4. The van der Waals surface area contributed by atoms with Gasteiger partial charge in [-0.05, 0) is 13.0 Å². The molecule has 1 aliphatic heterocycles. The van der Waals surface area contributed by atoms with Gasteiger partial charge in [0.25, 0.3) is 0 Å². The lowest BCUT2D eigenvalue weighted by Crippen LogP contribution is -2.48. The fourth-order valence-corrected chi connectivity index (χ4v) is 3.40. The Hall–Kier alpha value is -3.03. The van der Waals surface area contributed by atoms with Crippen molar-refractivity contribution in [3.63, 3.8) is 0 Å². The third-order valence-electron chi connectivity index (χ3n) is 4.71. The highest BCUT2D eigenvalue weighted by atomic mass is 16.4. The van der Waals surface area contributed by atoms with Crippen LogP contribution in [0.1, 0.15) is 5.69 Å². The molecule has 1 saturated heterocycles. The molecular weight excluding hydrogens is 320 g/mol. The second-order valence-electron chi connectivity index (χ2n) is 6.34. The molecule has 1 N–H and O–H groups in total. The van der Waals surface area contributed by atoms with Crippen LogP contribution in [0, 0.1) is 6.92 Å². The van der Waals surface area contributed by atoms with E-state index in [-0.39, 0.29) is 0 Å².